The van der Waals surface area contributed by atoms with E-state index in [1.807, 2.05) is 0 Å². The summed E-state index contributed by atoms with van der Waals surface area (Å²) in [6.45, 7) is 8.78. The van der Waals surface area contributed by atoms with Crippen LogP contribution < -0.4 is 5.32 Å². The molecule has 1 aromatic rings. The Kier molecular flexibility index (Phi) is 5.43. The van der Waals surface area contributed by atoms with E-state index in [-0.39, 0.29) is 11.6 Å². The van der Waals surface area contributed by atoms with Gasteiger partial charge < -0.3 is 0 Å². The molecule has 1 N–H and O–H groups in total. The summed E-state index contributed by atoms with van der Waals surface area (Å²) in [6, 6.07) is 6.20. The third-order valence-electron chi connectivity index (χ3n) is 5.29. The van der Waals surface area contributed by atoms with Gasteiger partial charge in [-0.15, -0.1) is 0 Å². The Morgan fingerprint density at radius 2 is 1.76 bits per heavy atom. The summed E-state index contributed by atoms with van der Waals surface area (Å²) in [5.74, 6) is 0.269. The molecule has 118 valence electrons. The van der Waals surface area contributed by atoms with Gasteiger partial charge >= 0.3 is 129 Å². The van der Waals surface area contributed by atoms with E-state index >= 15 is 0 Å². The molecule has 3 heteroatoms. The van der Waals surface area contributed by atoms with E-state index < -0.39 is 7.26 Å². The van der Waals surface area contributed by atoms with E-state index in [1.54, 1.807) is 0 Å². The average Bonchev–Trinajstić information content (AvgIpc) is 2.44. The molecule has 0 saturated carbocycles. The summed E-state index contributed by atoms with van der Waals surface area (Å²) in [4.78, 5) is 12.9. The molecule has 0 radical (unpaired) electrons. The van der Waals surface area contributed by atoms with Crippen molar-refractivity contribution < 1.29 is 4.79 Å². The number of hydrogen-bond acceptors (Lipinski definition) is 1. The van der Waals surface area contributed by atoms with Crippen molar-refractivity contribution in [1.82, 2.24) is 0 Å². The summed E-state index contributed by atoms with van der Waals surface area (Å²) in [6.07, 6.45) is 7.65. The summed E-state index contributed by atoms with van der Waals surface area (Å²) >= 11 is 0. The number of anilines is 1. The van der Waals surface area contributed by atoms with Gasteiger partial charge in [0.1, 0.15) is 0 Å². The van der Waals surface area contributed by atoms with Gasteiger partial charge in [-0.25, -0.2) is 0 Å². The van der Waals surface area contributed by atoms with Crippen LogP contribution in [0.5, 0.6) is 0 Å². The molecule has 1 fully saturated rings. The van der Waals surface area contributed by atoms with Gasteiger partial charge in [0.2, 0.25) is 0 Å². The zero-order chi connectivity index (χ0) is 15.5. The number of benzene rings is 1. The fourth-order valence-corrected chi connectivity index (χ4v) is 8.68. The maximum absolute atomic E-state index is 12.9. The standard InChI is InChI=1S/C18H30NOP/c1-5-16(21(4)12-7-6-8-13-21)18(20)19-17-14(2)10-9-11-15(17)3/h9-11,16,21H,5-8,12-13H2,1-4H3,(H,19,20). The van der Waals surface area contributed by atoms with Crippen molar-refractivity contribution in [1.29, 1.82) is 0 Å². The van der Waals surface area contributed by atoms with Gasteiger partial charge in [-0.05, 0) is 0 Å². The molecule has 1 aromatic carbocycles. The first-order valence-corrected chi connectivity index (χ1v) is 11.3. The number of para-hydroxylation sites is 1. The van der Waals surface area contributed by atoms with Crippen molar-refractivity contribution >= 4 is 18.9 Å². The van der Waals surface area contributed by atoms with Crippen LogP contribution in [0.15, 0.2) is 18.2 Å². The molecule has 1 unspecified atom stereocenters. The molecule has 0 aromatic heterocycles. The van der Waals surface area contributed by atoms with E-state index in [0.717, 1.165) is 23.2 Å². The quantitative estimate of drug-likeness (QED) is 0.810. The first-order chi connectivity index (χ1) is 9.98. The molecule has 0 spiro atoms. The third kappa shape index (κ3) is 3.66. The molecule has 0 bridgehead atoms. The number of nitrogens with one attached hydrogen (secondary N) is 1. The average molecular weight is 307 g/mol. The van der Waals surface area contributed by atoms with Crippen LogP contribution >= 0.6 is 7.26 Å². The summed E-state index contributed by atoms with van der Waals surface area (Å²) in [5, 5.41) is 3.25. The van der Waals surface area contributed by atoms with Crippen molar-refractivity contribution in [3.8, 4) is 0 Å². The predicted molar refractivity (Wildman–Crippen MR) is 96.4 cm³/mol. The number of aryl methyl sites for hydroxylation is 2. The monoisotopic (exact) mass is 307 g/mol. The van der Waals surface area contributed by atoms with Crippen molar-refractivity contribution in [3.63, 3.8) is 0 Å². The molecule has 1 aliphatic heterocycles. The van der Waals surface area contributed by atoms with Crippen molar-refractivity contribution in [3.05, 3.63) is 29.3 Å². The van der Waals surface area contributed by atoms with Crippen LogP contribution in [0.3, 0.4) is 0 Å². The van der Waals surface area contributed by atoms with Crippen LogP contribution in [-0.2, 0) is 4.79 Å². The molecule has 0 aliphatic carbocycles. The Bertz CT molecular complexity index is 486. The summed E-state index contributed by atoms with van der Waals surface area (Å²) in [7, 11) is -1.43. The van der Waals surface area contributed by atoms with Crippen LogP contribution in [0.25, 0.3) is 0 Å². The first-order valence-electron chi connectivity index (χ1n) is 8.35. The van der Waals surface area contributed by atoms with Gasteiger partial charge in [-0.2, -0.15) is 0 Å². The summed E-state index contributed by atoms with van der Waals surface area (Å²) in [5.41, 5.74) is 3.61. The van der Waals surface area contributed by atoms with Gasteiger partial charge in [-0.1, -0.05) is 0 Å². The van der Waals surface area contributed by atoms with Crippen LogP contribution in [0.4, 0.5) is 5.69 Å². The molecule has 1 heterocycles. The Balaban J connectivity index is 2.17. The van der Waals surface area contributed by atoms with Gasteiger partial charge in [0, 0.05) is 0 Å². The van der Waals surface area contributed by atoms with Crippen LogP contribution in [-0.4, -0.2) is 30.6 Å². The van der Waals surface area contributed by atoms with Crippen LogP contribution in [0, 0.1) is 13.8 Å². The van der Waals surface area contributed by atoms with Gasteiger partial charge in [0.05, 0.1) is 0 Å². The molecule has 1 atom stereocenters. The third-order valence-corrected chi connectivity index (χ3v) is 10.6. The van der Waals surface area contributed by atoms with E-state index in [2.05, 4.69) is 51.0 Å². The molecule has 21 heavy (non-hydrogen) atoms. The topological polar surface area (TPSA) is 29.1 Å². The van der Waals surface area contributed by atoms with Crippen LogP contribution in [0.2, 0.25) is 0 Å². The predicted octanol–water partition coefficient (Wildman–Crippen LogP) is 4.58. The zero-order valence-corrected chi connectivity index (χ0v) is 15.0. The van der Waals surface area contributed by atoms with E-state index in [1.165, 1.54) is 31.6 Å². The maximum atomic E-state index is 12.9. The fraction of sp³-hybridized carbons (Fsp3) is 0.611. The minimum atomic E-state index is -1.43. The SMILES string of the molecule is CCC(C(=O)Nc1c(C)cccc1C)[PH]1(C)CCCCC1. The Morgan fingerprint density at radius 3 is 2.29 bits per heavy atom. The first kappa shape index (κ1) is 16.5. The fourth-order valence-electron chi connectivity index (χ4n) is 3.92. The normalized spacial score (nSPS) is 20.6. The van der Waals surface area contributed by atoms with Gasteiger partial charge in [-0.3, -0.25) is 0 Å². The molecule has 1 aliphatic rings. The van der Waals surface area contributed by atoms with Crippen LogP contribution in [0.1, 0.15) is 43.7 Å². The number of carbonyl (C=O) groups is 1. The molecular weight excluding hydrogens is 277 g/mol. The van der Waals surface area contributed by atoms with E-state index in [9.17, 15) is 4.79 Å². The zero-order valence-electron chi connectivity index (χ0n) is 14.0. The minimum absolute atomic E-state index is 0.261. The van der Waals surface area contributed by atoms with Gasteiger partial charge in [0.15, 0.2) is 0 Å². The molecule has 2 rings (SSSR count). The Labute approximate surface area is 130 Å². The number of amides is 1. The molecule has 2 nitrogen and oxygen atoms in total. The summed E-state index contributed by atoms with van der Waals surface area (Å²) < 4.78 is 0. The molecule has 1 amide bonds. The van der Waals surface area contributed by atoms with E-state index in [0.29, 0.717) is 0 Å². The van der Waals surface area contributed by atoms with Crippen molar-refractivity contribution in [2.24, 2.45) is 0 Å². The molecule has 1 saturated heterocycles. The second-order valence-electron chi connectivity index (χ2n) is 6.93. The Hall–Kier alpha value is -0.880. The Morgan fingerprint density at radius 1 is 1.19 bits per heavy atom. The molecular formula is C18H30NOP. The second-order valence-corrected chi connectivity index (χ2v) is 11.9. The number of carbonyl (C=O) groups excluding carboxylic acids is 1. The van der Waals surface area contributed by atoms with E-state index in [4.69, 9.17) is 0 Å². The van der Waals surface area contributed by atoms with Gasteiger partial charge in [0.25, 0.3) is 0 Å². The second kappa shape index (κ2) is 6.92. The van der Waals surface area contributed by atoms with Crippen molar-refractivity contribution in [2.45, 2.75) is 52.1 Å². The van der Waals surface area contributed by atoms with Crippen molar-refractivity contribution in [2.75, 3.05) is 24.3 Å². The number of rotatable bonds is 4. The number of hydrogen-bond donors (Lipinski definition) is 1.